The van der Waals surface area contributed by atoms with Crippen molar-refractivity contribution in [1.29, 1.82) is 0 Å². The first-order valence-corrected chi connectivity index (χ1v) is 17.1. The van der Waals surface area contributed by atoms with Gasteiger partial charge in [0.15, 0.2) is 0 Å². The van der Waals surface area contributed by atoms with Crippen LogP contribution in [0.4, 0.5) is 17.1 Å². The molecule has 50 heavy (non-hydrogen) atoms. The SMILES string of the molecule is c1ccc(-c2ccc(N(c3ccc(-c4cccc5ccc6c7ccccc7ccc6c45)cc3)c3ccc4c(c3)oc3ccccc34)cc2)cc1. The Morgan fingerprint density at radius 3 is 1.72 bits per heavy atom. The molecule has 0 aliphatic carbocycles. The lowest BCUT2D eigenvalue weighted by Crippen LogP contribution is -2.09. The summed E-state index contributed by atoms with van der Waals surface area (Å²) in [5, 5.41) is 9.89. The summed E-state index contributed by atoms with van der Waals surface area (Å²) in [6.07, 6.45) is 0. The topological polar surface area (TPSA) is 16.4 Å². The summed E-state index contributed by atoms with van der Waals surface area (Å²) in [7, 11) is 0. The van der Waals surface area contributed by atoms with Gasteiger partial charge < -0.3 is 9.32 Å². The molecule has 1 heterocycles. The maximum atomic E-state index is 6.35. The second-order valence-corrected chi connectivity index (χ2v) is 12.9. The standard InChI is InChI=1S/C48H31NO/c1-2-9-32(10-3-1)33-17-23-37(24-18-33)49(39-27-30-44-43-14-6-7-16-46(43)50-47(44)31-39)38-25-19-35(20-26-38)41-15-8-12-36-22-28-42-40-13-5-4-11-34(40)21-29-45(42)48(36)41/h1-31H. The van der Waals surface area contributed by atoms with Gasteiger partial charge in [0.1, 0.15) is 11.2 Å². The lowest BCUT2D eigenvalue weighted by atomic mass is 9.91. The molecule has 0 fully saturated rings. The van der Waals surface area contributed by atoms with Crippen LogP contribution in [0.5, 0.6) is 0 Å². The van der Waals surface area contributed by atoms with Crippen molar-refractivity contribution in [3.63, 3.8) is 0 Å². The van der Waals surface area contributed by atoms with Crippen molar-refractivity contribution >= 4 is 71.3 Å². The van der Waals surface area contributed by atoms with E-state index < -0.39 is 0 Å². The summed E-state index contributed by atoms with van der Waals surface area (Å²) in [6, 6.07) is 67.5. The van der Waals surface area contributed by atoms with E-state index >= 15 is 0 Å². The first kappa shape index (κ1) is 28.4. The Labute approximate surface area is 290 Å². The van der Waals surface area contributed by atoms with Gasteiger partial charge in [0.25, 0.3) is 0 Å². The number of para-hydroxylation sites is 1. The zero-order chi connectivity index (χ0) is 33.0. The van der Waals surface area contributed by atoms with Crippen LogP contribution in [-0.2, 0) is 0 Å². The Kier molecular flexibility index (Phi) is 6.53. The van der Waals surface area contributed by atoms with E-state index in [1.54, 1.807) is 0 Å². The quantitative estimate of drug-likeness (QED) is 0.175. The van der Waals surface area contributed by atoms with Gasteiger partial charge in [0, 0.05) is 33.9 Å². The highest BCUT2D eigenvalue weighted by molar-refractivity contribution is 6.21. The van der Waals surface area contributed by atoms with Crippen LogP contribution in [-0.4, -0.2) is 0 Å². The molecular weight excluding hydrogens is 607 g/mol. The van der Waals surface area contributed by atoms with Crippen LogP contribution >= 0.6 is 0 Å². The average molecular weight is 638 g/mol. The first-order chi connectivity index (χ1) is 24.8. The molecule has 10 aromatic rings. The van der Waals surface area contributed by atoms with Crippen LogP contribution < -0.4 is 4.90 Å². The van der Waals surface area contributed by atoms with Gasteiger partial charge in [-0.1, -0.05) is 140 Å². The molecule has 0 radical (unpaired) electrons. The van der Waals surface area contributed by atoms with Gasteiger partial charge in [-0.2, -0.15) is 0 Å². The number of anilines is 3. The molecular formula is C48H31NO. The van der Waals surface area contributed by atoms with Gasteiger partial charge in [0.2, 0.25) is 0 Å². The molecule has 2 heteroatoms. The van der Waals surface area contributed by atoms with Crippen LogP contribution in [0.1, 0.15) is 0 Å². The van der Waals surface area contributed by atoms with Crippen molar-refractivity contribution in [3.8, 4) is 22.3 Å². The molecule has 0 unspecified atom stereocenters. The van der Waals surface area contributed by atoms with E-state index in [1.807, 2.05) is 12.1 Å². The van der Waals surface area contributed by atoms with E-state index in [4.69, 9.17) is 4.42 Å². The van der Waals surface area contributed by atoms with E-state index in [9.17, 15) is 0 Å². The minimum Gasteiger partial charge on any atom is -0.456 e. The fourth-order valence-electron chi connectivity index (χ4n) is 7.64. The van der Waals surface area contributed by atoms with Gasteiger partial charge >= 0.3 is 0 Å². The molecule has 0 saturated carbocycles. The summed E-state index contributed by atoms with van der Waals surface area (Å²) in [5.41, 5.74) is 9.79. The maximum absolute atomic E-state index is 6.35. The van der Waals surface area contributed by atoms with Crippen molar-refractivity contribution in [2.75, 3.05) is 4.90 Å². The largest absolute Gasteiger partial charge is 0.456 e. The molecule has 1 aromatic heterocycles. The molecule has 0 amide bonds. The molecule has 0 saturated heterocycles. The number of hydrogen-bond donors (Lipinski definition) is 0. The van der Waals surface area contributed by atoms with Crippen LogP contribution in [0.25, 0.3) is 76.5 Å². The summed E-state index contributed by atoms with van der Waals surface area (Å²) >= 11 is 0. The van der Waals surface area contributed by atoms with E-state index in [0.29, 0.717) is 0 Å². The monoisotopic (exact) mass is 637 g/mol. The van der Waals surface area contributed by atoms with Gasteiger partial charge in [-0.3, -0.25) is 0 Å². The summed E-state index contributed by atoms with van der Waals surface area (Å²) < 4.78 is 6.35. The molecule has 0 spiro atoms. The van der Waals surface area contributed by atoms with E-state index in [0.717, 1.165) is 39.0 Å². The average Bonchev–Trinajstić information content (AvgIpc) is 3.56. The predicted molar refractivity (Wildman–Crippen MR) is 212 cm³/mol. The predicted octanol–water partition coefficient (Wildman–Crippen LogP) is 13.8. The summed E-state index contributed by atoms with van der Waals surface area (Å²) in [5.74, 6) is 0. The molecule has 0 bridgehead atoms. The van der Waals surface area contributed by atoms with Crippen molar-refractivity contribution < 1.29 is 4.42 Å². The van der Waals surface area contributed by atoms with Gasteiger partial charge in [-0.15, -0.1) is 0 Å². The van der Waals surface area contributed by atoms with Gasteiger partial charge in [-0.25, -0.2) is 0 Å². The summed E-state index contributed by atoms with van der Waals surface area (Å²) in [4.78, 5) is 2.32. The number of rotatable bonds is 5. The lowest BCUT2D eigenvalue weighted by Gasteiger charge is -2.26. The van der Waals surface area contributed by atoms with Crippen molar-refractivity contribution in [2.24, 2.45) is 0 Å². The Balaban J connectivity index is 1.11. The summed E-state index contributed by atoms with van der Waals surface area (Å²) in [6.45, 7) is 0. The number of benzene rings is 9. The highest BCUT2D eigenvalue weighted by atomic mass is 16.3. The van der Waals surface area contributed by atoms with Crippen LogP contribution in [0.15, 0.2) is 192 Å². The third-order valence-electron chi connectivity index (χ3n) is 10.1. The maximum Gasteiger partial charge on any atom is 0.137 e. The number of hydrogen-bond acceptors (Lipinski definition) is 2. The number of fused-ring (bicyclic) bond motifs is 8. The van der Waals surface area contributed by atoms with Crippen molar-refractivity contribution in [2.45, 2.75) is 0 Å². The second-order valence-electron chi connectivity index (χ2n) is 12.9. The lowest BCUT2D eigenvalue weighted by molar-refractivity contribution is 0.669. The van der Waals surface area contributed by atoms with E-state index in [2.05, 4.69) is 181 Å². The first-order valence-electron chi connectivity index (χ1n) is 17.1. The Morgan fingerprint density at radius 2 is 0.900 bits per heavy atom. The Hall–Kier alpha value is -6.64. The molecule has 2 nitrogen and oxygen atoms in total. The molecule has 234 valence electrons. The molecule has 10 rings (SSSR count). The van der Waals surface area contributed by atoms with Crippen molar-refractivity contribution in [1.82, 2.24) is 0 Å². The smallest absolute Gasteiger partial charge is 0.137 e. The minimum absolute atomic E-state index is 0.876. The zero-order valence-electron chi connectivity index (χ0n) is 27.3. The third kappa shape index (κ3) is 4.65. The molecule has 0 aliphatic heterocycles. The molecule has 0 N–H and O–H groups in total. The number of furan rings is 1. The Bertz CT molecular complexity index is 2850. The highest BCUT2D eigenvalue weighted by Gasteiger charge is 2.17. The van der Waals surface area contributed by atoms with E-state index in [-0.39, 0.29) is 0 Å². The van der Waals surface area contributed by atoms with E-state index in [1.165, 1.54) is 54.6 Å². The fourth-order valence-corrected chi connectivity index (χ4v) is 7.64. The molecule has 9 aromatic carbocycles. The second kappa shape index (κ2) is 11.5. The van der Waals surface area contributed by atoms with Gasteiger partial charge in [0.05, 0.1) is 0 Å². The van der Waals surface area contributed by atoms with Crippen LogP contribution in [0.3, 0.4) is 0 Å². The van der Waals surface area contributed by atoms with Crippen LogP contribution in [0, 0.1) is 0 Å². The van der Waals surface area contributed by atoms with Gasteiger partial charge in [-0.05, 0) is 97.0 Å². The zero-order valence-corrected chi connectivity index (χ0v) is 27.3. The minimum atomic E-state index is 0.876. The number of nitrogens with zero attached hydrogens (tertiary/aromatic N) is 1. The Morgan fingerprint density at radius 1 is 0.320 bits per heavy atom. The van der Waals surface area contributed by atoms with Crippen molar-refractivity contribution in [3.05, 3.63) is 188 Å². The highest BCUT2D eigenvalue weighted by Crippen LogP contribution is 2.41. The fraction of sp³-hybridized carbons (Fsp3) is 0. The van der Waals surface area contributed by atoms with Crippen LogP contribution in [0.2, 0.25) is 0 Å². The molecule has 0 atom stereocenters. The normalized spacial score (nSPS) is 11.6. The molecule has 0 aliphatic rings. The third-order valence-corrected chi connectivity index (χ3v) is 10.1.